The molecule has 0 aliphatic heterocycles. The fourth-order valence-electron chi connectivity index (χ4n) is 4.04. The lowest BCUT2D eigenvalue weighted by molar-refractivity contribution is -0.112. The van der Waals surface area contributed by atoms with E-state index in [2.05, 4.69) is 10.6 Å². The van der Waals surface area contributed by atoms with E-state index in [1.165, 1.54) is 0 Å². The van der Waals surface area contributed by atoms with Crippen molar-refractivity contribution in [1.29, 1.82) is 0 Å². The van der Waals surface area contributed by atoms with Gasteiger partial charge in [-0.1, -0.05) is 25.7 Å². The molecule has 2 aliphatic carbocycles. The molecule has 0 aromatic carbocycles. The Bertz CT molecular complexity index is 596. The smallest absolute Gasteiger partial charge is 0.407 e. The molecule has 2 aliphatic rings. The third-order valence-corrected chi connectivity index (χ3v) is 5.54. The second-order valence-corrected chi connectivity index (χ2v) is 10.8. The van der Waals surface area contributed by atoms with Gasteiger partial charge in [0, 0.05) is 30.5 Å². The van der Waals surface area contributed by atoms with Crippen molar-refractivity contribution in [3.05, 3.63) is 0 Å². The summed E-state index contributed by atoms with van der Waals surface area (Å²) < 4.78 is 10.4. The first-order valence-corrected chi connectivity index (χ1v) is 11.9. The normalized spacial score (nSPS) is 26.1. The Morgan fingerprint density at radius 1 is 0.812 bits per heavy atom. The molecule has 0 unspecified atom stereocenters. The number of carbonyl (C=O) groups excluding carboxylic acids is 3. The van der Waals surface area contributed by atoms with Crippen molar-refractivity contribution in [1.82, 2.24) is 10.6 Å². The van der Waals surface area contributed by atoms with Crippen LogP contribution >= 0.6 is 0 Å². The number of aldehydes is 1. The van der Waals surface area contributed by atoms with E-state index in [0.717, 1.165) is 57.7 Å². The van der Waals surface area contributed by atoms with Crippen LogP contribution in [-0.4, -0.2) is 53.5 Å². The monoisotopic (exact) mass is 456 g/mol. The molecule has 2 fully saturated rings. The predicted molar refractivity (Wildman–Crippen MR) is 123 cm³/mol. The number of aliphatic hydroxyl groups is 1. The van der Waals surface area contributed by atoms with Gasteiger partial charge >= 0.3 is 12.2 Å². The zero-order valence-electron chi connectivity index (χ0n) is 20.7. The van der Waals surface area contributed by atoms with Gasteiger partial charge in [-0.2, -0.15) is 0 Å². The lowest BCUT2D eigenvalue weighted by Crippen LogP contribution is -2.45. The van der Waals surface area contributed by atoms with Gasteiger partial charge in [0.2, 0.25) is 0 Å². The first kappa shape index (κ1) is 28.2. The summed E-state index contributed by atoms with van der Waals surface area (Å²) in [5.74, 6) is 0.127. The number of hydrogen-bond acceptors (Lipinski definition) is 6. The molecule has 0 aromatic rings. The molecule has 186 valence electrons. The Morgan fingerprint density at radius 3 is 1.72 bits per heavy atom. The molecule has 2 saturated carbocycles. The summed E-state index contributed by atoms with van der Waals surface area (Å²) in [7, 11) is 0. The van der Waals surface area contributed by atoms with E-state index < -0.39 is 17.3 Å². The molecular formula is C24H44N2O6. The van der Waals surface area contributed by atoms with Crippen molar-refractivity contribution >= 4 is 18.5 Å². The van der Waals surface area contributed by atoms with Gasteiger partial charge in [-0.15, -0.1) is 0 Å². The average molecular weight is 457 g/mol. The Morgan fingerprint density at radius 2 is 1.25 bits per heavy atom. The van der Waals surface area contributed by atoms with Gasteiger partial charge in [-0.05, 0) is 67.2 Å². The molecule has 0 heterocycles. The molecule has 0 radical (unpaired) electrons. The Balaban J connectivity index is 0.000000320. The molecular weight excluding hydrogens is 412 g/mol. The van der Waals surface area contributed by atoms with Crippen LogP contribution in [0.4, 0.5) is 9.59 Å². The van der Waals surface area contributed by atoms with E-state index in [0.29, 0.717) is 0 Å². The molecule has 2 rings (SSSR count). The van der Waals surface area contributed by atoms with Gasteiger partial charge in [-0.3, -0.25) is 0 Å². The second-order valence-electron chi connectivity index (χ2n) is 10.8. The predicted octanol–water partition coefficient (Wildman–Crippen LogP) is 4.33. The molecule has 3 N–H and O–H groups in total. The summed E-state index contributed by atoms with van der Waals surface area (Å²) >= 11 is 0. The third kappa shape index (κ3) is 11.7. The van der Waals surface area contributed by atoms with Gasteiger partial charge in [-0.25, -0.2) is 9.59 Å². The van der Waals surface area contributed by atoms with Crippen molar-refractivity contribution in [3.63, 3.8) is 0 Å². The van der Waals surface area contributed by atoms with Crippen molar-refractivity contribution in [2.75, 3.05) is 6.61 Å². The first-order valence-electron chi connectivity index (χ1n) is 11.9. The molecule has 0 aromatic heterocycles. The maximum Gasteiger partial charge on any atom is 0.407 e. The van der Waals surface area contributed by atoms with E-state index in [-0.39, 0.29) is 36.6 Å². The van der Waals surface area contributed by atoms with Crippen LogP contribution in [0, 0.1) is 11.8 Å². The van der Waals surface area contributed by atoms with E-state index in [1.807, 2.05) is 41.5 Å². The number of aliphatic hydroxyl groups excluding tert-OH is 1. The van der Waals surface area contributed by atoms with Gasteiger partial charge in [0.1, 0.15) is 17.5 Å². The molecule has 2 amide bonds. The maximum absolute atomic E-state index is 11.6. The number of alkyl carbamates (subject to hydrolysis) is 2. The molecule has 0 bridgehead atoms. The average Bonchev–Trinajstić information content (AvgIpc) is 2.66. The summed E-state index contributed by atoms with van der Waals surface area (Å²) in [6, 6.07) is 0.00898. The standard InChI is InChI=1S/C12H23NO3.C12H21NO3/c2*1-12(2,3)16-11(15)13-10-7-5-4-6-9(10)8-14/h9-10,14H,4-8H2,1-3H3,(H,13,15);8-10H,4-7H2,1-3H3,(H,13,15)/t2*9-,10+/m11/s1. The van der Waals surface area contributed by atoms with Gasteiger partial charge in [0.05, 0.1) is 0 Å². The highest BCUT2D eigenvalue weighted by Crippen LogP contribution is 2.24. The fraction of sp³-hybridized carbons (Fsp3) is 0.875. The Kier molecular flexibility index (Phi) is 11.5. The van der Waals surface area contributed by atoms with Crippen molar-refractivity contribution in [3.8, 4) is 0 Å². The SMILES string of the molecule is CC(C)(C)OC(=O)N[C@H]1CCCC[C@@H]1C=O.CC(C)(C)OC(=O)N[C@H]1CCCC[C@@H]1CO. The number of rotatable bonds is 4. The Labute approximate surface area is 193 Å². The zero-order chi connectivity index (χ0) is 24.4. The summed E-state index contributed by atoms with van der Waals surface area (Å²) in [4.78, 5) is 34.0. The third-order valence-electron chi connectivity index (χ3n) is 5.54. The van der Waals surface area contributed by atoms with Crippen LogP contribution in [0.3, 0.4) is 0 Å². The molecule has 32 heavy (non-hydrogen) atoms. The topological polar surface area (TPSA) is 114 Å². The summed E-state index contributed by atoms with van der Waals surface area (Å²) in [6.45, 7) is 11.1. The van der Waals surface area contributed by atoms with Crippen LogP contribution in [0.25, 0.3) is 0 Å². The highest BCUT2D eigenvalue weighted by Gasteiger charge is 2.28. The number of nitrogens with one attached hydrogen (secondary N) is 2. The maximum atomic E-state index is 11.6. The van der Waals surface area contributed by atoms with Crippen LogP contribution < -0.4 is 10.6 Å². The van der Waals surface area contributed by atoms with Crippen LogP contribution in [0.2, 0.25) is 0 Å². The Hall–Kier alpha value is -1.83. The van der Waals surface area contributed by atoms with Crippen molar-refractivity contribution in [2.24, 2.45) is 11.8 Å². The number of ether oxygens (including phenoxy) is 2. The quantitative estimate of drug-likeness (QED) is 0.543. The van der Waals surface area contributed by atoms with Gasteiger partial charge in [0.15, 0.2) is 0 Å². The fourth-order valence-corrected chi connectivity index (χ4v) is 4.04. The lowest BCUT2D eigenvalue weighted by Gasteiger charge is -2.31. The molecule has 8 heteroatoms. The van der Waals surface area contributed by atoms with E-state index >= 15 is 0 Å². The van der Waals surface area contributed by atoms with Crippen molar-refractivity contribution in [2.45, 2.75) is 116 Å². The van der Waals surface area contributed by atoms with Crippen molar-refractivity contribution < 1.29 is 29.0 Å². The highest BCUT2D eigenvalue weighted by atomic mass is 16.6. The minimum Gasteiger partial charge on any atom is -0.444 e. The molecule has 0 saturated heterocycles. The molecule has 0 spiro atoms. The van der Waals surface area contributed by atoms with E-state index in [4.69, 9.17) is 9.47 Å². The minimum absolute atomic E-state index is 0.0544. The summed E-state index contributed by atoms with van der Waals surface area (Å²) in [6.07, 6.45) is 8.16. The van der Waals surface area contributed by atoms with E-state index in [1.54, 1.807) is 0 Å². The molecule has 4 atom stereocenters. The highest BCUT2D eigenvalue weighted by molar-refractivity contribution is 5.69. The number of hydrogen-bond donors (Lipinski definition) is 3. The first-order chi connectivity index (χ1) is 14.8. The van der Waals surface area contributed by atoms with Crippen LogP contribution in [0.1, 0.15) is 92.9 Å². The zero-order valence-corrected chi connectivity index (χ0v) is 20.7. The summed E-state index contributed by atoms with van der Waals surface area (Å²) in [5, 5.41) is 14.9. The lowest BCUT2D eigenvalue weighted by atomic mass is 9.85. The number of carbonyl (C=O) groups is 3. The van der Waals surface area contributed by atoms with Crippen LogP contribution in [0.15, 0.2) is 0 Å². The summed E-state index contributed by atoms with van der Waals surface area (Å²) in [5.41, 5.74) is -0.955. The van der Waals surface area contributed by atoms with Crippen LogP contribution in [-0.2, 0) is 14.3 Å². The van der Waals surface area contributed by atoms with Crippen LogP contribution in [0.5, 0.6) is 0 Å². The molecule has 8 nitrogen and oxygen atoms in total. The minimum atomic E-state index is -0.491. The van der Waals surface area contributed by atoms with Gasteiger partial charge < -0.3 is 30.0 Å². The van der Waals surface area contributed by atoms with E-state index in [9.17, 15) is 19.5 Å². The second kappa shape index (κ2) is 13.0. The number of amides is 2. The van der Waals surface area contributed by atoms with Gasteiger partial charge in [0.25, 0.3) is 0 Å². The largest absolute Gasteiger partial charge is 0.444 e.